The summed E-state index contributed by atoms with van der Waals surface area (Å²) in [6.45, 7) is 7.80. The second kappa shape index (κ2) is 9.62. The first-order valence-corrected chi connectivity index (χ1v) is 12.2. The Morgan fingerprint density at radius 2 is 1.97 bits per heavy atom. The molecule has 0 aliphatic carbocycles. The largest absolute Gasteiger partial charge is 0.274 e. The maximum absolute atomic E-state index is 12.5. The number of hydrogen-bond donors (Lipinski definition) is 0. The number of hydrogen-bond acceptors (Lipinski definition) is 7. The van der Waals surface area contributed by atoms with Gasteiger partial charge in [0.25, 0.3) is 0 Å². The Balaban J connectivity index is 1.55. The van der Waals surface area contributed by atoms with Gasteiger partial charge in [-0.3, -0.25) is 9.69 Å². The van der Waals surface area contributed by atoms with E-state index in [1.165, 1.54) is 28.7 Å². The predicted octanol–water partition coefficient (Wildman–Crippen LogP) is 5.27. The summed E-state index contributed by atoms with van der Waals surface area (Å²) in [6, 6.07) is 14.0. The summed E-state index contributed by atoms with van der Waals surface area (Å²) in [5, 5.41) is 15.6. The van der Waals surface area contributed by atoms with Crippen molar-refractivity contribution < 1.29 is 4.79 Å². The topological polar surface area (TPSA) is 76.8 Å². The molecule has 4 rings (SSSR count). The normalized spacial score (nSPS) is 11.0. The third-order valence-electron chi connectivity index (χ3n) is 5.25. The molecule has 0 saturated heterocycles. The molecule has 2 aromatic heterocycles. The highest BCUT2D eigenvalue weighted by atomic mass is 32.2. The van der Waals surface area contributed by atoms with Gasteiger partial charge in [0.1, 0.15) is 0 Å². The van der Waals surface area contributed by atoms with Crippen molar-refractivity contribution in [2.45, 2.75) is 45.0 Å². The lowest BCUT2D eigenvalue weighted by atomic mass is 10.1. The first-order valence-electron chi connectivity index (χ1n) is 10.3. The van der Waals surface area contributed by atoms with Gasteiger partial charge in [-0.1, -0.05) is 49.0 Å². The number of aryl methyl sites for hydroxylation is 2. The Morgan fingerprint density at radius 1 is 1.16 bits per heavy atom. The molecule has 0 spiro atoms. The van der Waals surface area contributed by atoms with E-state index in [4.69, 9.17) is 4.98 Å². The molecule has 164 valence electrons. The van der Waals surface area contributed by atoms with Gasteiger partial charge in [-0.05, 0) is 59.5 Å². The molecule has 0 bridgehead atoms. The SMILES string of the molecule is CCc1ccccc1N(C(C)=O)c1nc(CSc2nnnn2-c2cccc(C)c2C)cs1. The van der Waals surface area contributed by atoms with Crippen LogP contribution in [0, 0.1) is 13.8 Å². The van der Waals surface area contributed by atoms with Crippen LogP contribution in [0.2, 0.25) is 0 Å². The van der Waals surface area contributed by atoms with Crippen LogP contribution in [0.15, 0.2) is 53.0 Å². The van der Waals surface area contributed by atoms with Crippen LogP contribution >= 0.6 is 23.1 Å². The van der Waals surface area contributed by atoms with Crippen molar-refractivity contribution in [1.29, 1.82) is 0 Å². The number of para-hydroxylation sites is 1. The van der Waals surface area contributed by atoms with Gasteiger partial charge in [0, 0.05) is 18.1 Å². The molecule has 0 fully saturated rings. The van der Waals surface area contributed by atoms with E-state index in [2.05, 4.69) is 42.4 Å². The maximum atomic E-state index is 12.5. The Hall–Kier alpha value is -3.04. The standard InChI is InChI=1S/C23H24N6OS2/c1-5-18-10-6-7-11-21(18)28(17(4)30)22-24-19(13-31-22)14-32-23-25-26-27-29(23)20-12-8-9-15(2)16(20)3/h6-13H,5,14H2,1-4H3. The average molecular weight is 465 g/mol. The summed E-state index contributed by atoms with van der Waals surface area (Å²) < 4.78 is 1.76. The van der Waals surface area contributed by atoms with Gasteiger partial charge in [-0.25, -0.2) is 4.98 Å². The number of rotatable bonds is 7. The van der Waals surface area contributed by atoms with Crippen LogP contribution in [0.25, 0.3) is 5.69 Å². The smallest absolute Gasteiger partial charge is 0.230 e. The molecule has 2 aromatic carbocycles. The fourth-order valence-corrected chi connectivity index (χ4v) is 5.19. The quantitative estimate of drug-likeness (QED) is 0.347. The Kier molecular flexibility index (Phi) is 6.66. The van der Waals surface area contributed by atoms with E-state index < -0.39 is 0 Å². The number of aromatic nitrogens is 5. The Labute approximate surface area is 195 Å². The van der Waals surface area contributed by atoms with Crippen LogP contribution < -0.4 is 4.90 Å². The maximum Gasteiger partial charge on any atom is 0.230 e. The fraction of sp³-hybridized carbons (Fsp3) is 0.261. The summed E-state index contributed by atoms with van der Waals surface area (Å²) in [7, 11) is 0. The van der Waals surface area contributed by atoms with E-state index in [1.807, 2.05) is 41.8 Å². The van der Waals surface area contributed by atoms with Crippen LogP contribution in [0.4, 0.5) is 10.8 Å². The van der Waals surface area contributed by atoms with E-state index in [1.54, 1.807) is 16.5 Å². The van der Waals surface area contributed by atoms with Crippen LogP contribution in [-0.4, -0.2) is 31.1 Å². The first-order chi connectivity index (χ1) is 15.5. The van der Waals surface area contributed by atoms with Crippen LogP contribution in [0.3, 0.4) is 0 Å². The van der Waals surface area contributed by atoms with E-state index in [0.717, 1.165) is 34.6 Å². The third-order valence-corrected chi connectivity index (χ3v) is 7.08. The zero-order valence-electron chi connectivity index (χ0n) is 18.4. The van der Waals surface area contributed by atoms with Gasteiger partial charge in [-0.2, -0.15) is 4.68 Å². The molecule has 4 aromatic rings. The minimum Gasteiger partial charge on any atom is -0.274 e. The lowest BCUT2D eigenvalue weighted by Gasteiger charge is -2.20. The number of carbonyl (C=O) groups is 1. The number of anilines is 2. The highest BCUT2D eigenvalue weighted by molar-refractivity contribution is 7.98. The number of tetrazole rings is 1. The van der Waals surface area contributed by atoms with Crippen molar-refractivity contribution in [2.75, 3.05) is 4.90 Å². The molecule has 0 N–H and O–H groups in total. The molecule has 32 heavy (non-hydrogen) atoms. The van der Waals surface area contributed by atoms with Gasteiger partial charge in [0.05, 0.1) is 17.1 Å². The highest BCUT2D eigenvalue weighted by Gasteiger charge is 2.20. The predicted molar refractivity (Wildman–Crippen MR) is 129 cm³/mol. The first kappa shape index (κ1) is 22.2. The molecule has 1 amide bonds. The summed E-state index contributed by atoms with van der Waals surface area (Å²) >= 11 is 2.99. The zero-order chi connectivity index (χ0) is 22.7. The van der Waals surface area contributed by atoms with Crippen molar-refractivity contribution >= 4 is 39.8 Å². The van der Waals surface area contributed by atoms with E-state index in [9.17, 15) is 4.79 Å². The number of benzene rings is 2. The van der Waals surface area contributed by atoms with Gasteiger partial charge >= 0.3 is 0 Å². The van der Waals surface area contributed by atoms with Crippen LogP contribution in [-0.2, 0) is 17.0 Å². The van der Waals surface area contributed by atoms with Crippen LogP contribution in [0.5, 0.6) is 0 Å². The molecule has 9 heteroatoms. The molecule has 2 heterocycles. The van der Waals surface area contributed by atoms with Gasteiger partial charge in [0.15, 0.2) is 5.13 Å². The van der Waals surface area contributed by atoms with Crippen molar-refractivity contribution in [3.8, 4) is 5.69 Å². The minimum atomic E-state index is -0.0571. The highest BCUT2D eigenvalue weighted by Crippen LogP contribution is 2.33. The van der Waals surface area contributed by atoms with Gasteiger partial charge in [-0.15, -0.1) is 16.4 Å². The van der Waals surface area contributed by atoms with Gasteiger partial charge < -0.3 is 0 Å². The lowest BCUT2D eigenvalue weighted by molar-refractivity contribution is -0.115. The van der Waals surface area contributed by atoms with E-state index >= 15 is 0 Å². The molecule has 0 unspecified atom stereocenters. The van der Waals surface area contributed by atoms with Crippen LogP contribution in [0.1, 0.15) is 36.2 Å². The summed E-state index contributed by atoms with van der Waals surface area (Å²) in [6.07, 6.45) is 0.842. The molecule has 0 atom stereocenters. The van der Waals surface area contributed by atoms with Crippen molar-refractivity contribution in [2.24, 2.45) is 0 Å². The number of thioether (sulfide) groups is 1. The zero-order valence-corrected chi connectivity index (χ0v) is 20.1. The molecule has 0 aliphatic rings. The lowest BCUT2D eigenvalue weighted by Crippen LogP contribution is -2.23. The summed E-state index contributed by atoms with van der Waals surface area (Å²) in [5.41, 5.74) is 6.18. The summed E-state index contributed by atoms with van der Waals surface area (Å²) in [4.78, 5) is 18.9. The van der Waals surface area contributed by atoms with Gasteiger partial charge in [0.2, 0.25) is 11.1 Å². The fourth-order valence-electron chi connectivity index (χ4n) is 3.42. The molecule has 0 aliphatic heterocycles. The Morgan fingerprint density at radius 3 is 2.75 bits per heavy atom. The summed E-state index contributed by atoms with van der Waals surface area (Å²) in [5.74, 6) is 0.543. The molecule has 7 nitrogen and oxygen atoms in total. The number of amides is 1. The second-order valence-corrected chi connectivity index (χ2v) is 9.12. The third kappa shape index (κ3) is 4.44. The number of carbonyl (C=O) groups excluding carboxylic acids is 1. The van der Waals surface area contributed by atoms with Crippen molar-refractivity contribution in [3.63, 3.8) is 0 Å². The molecular formula is C23H24N6OS2. The number of nitrogens with zero attached hydrogens (tertiary/aromatic N) is 6. The van der Waals surface area contributed by atoms with E-state index in [-0.39, 0.29) is 5.91 Å². The molecular weight excluding hydrogens is 440 g/mol. The minimum absolute atomic E-state index is 0.0571. The monoisotopic (exact) mass is 464 g/mol. The van der Waals surface area contributed by atoms with Crippen molar-refractivity contribution in [1.82, 2.24) is 25.2 Å². The number of thiazole rings is 1. The van der Waals surface area contributed by atoms with Crippen molar-refractivity contribution in [3.05, 3.63) is 70.2 Å². The van der Waals surface area contributed by atoms with E-state index in [0.29, 0.717) is 16.0 Å². The second-order valence-electron chi connectivity index (χ2n) is 7.34. The Bertz CT molecular complexity index is 1250. The molecule has 0 radical (unpaired) electrons. The molecule has 0 saturated carbocycles. The average Bonchev–Trinajstić information content (AvgIpc) is 3.44.